The van der Waals surface area contributed by atoms with Crippen LogP contribution in [-0.4, -0.2) is 24.2 Å². The molecule has 3 rings (SSSR count). The standard InChI is InChI=1S/C21H18BrN3O3/c1-27-19-11-17(13-24-25-21(26)16-7-9-23-10-8-16)18(22)12-20(19)28-14-15-5-3-2-4-6-15/h2-13H,14H2,1H3,(H,25,26)/b24-13-. The smallest absolute Gasteiger partial charge is 0.271 e. The third kappa shape index (κ3) is 5.17. The number of methoxy groups -OCH3 is 1. The number of benzene rings is 2. The van der Waals surface area contributed by atoms with E-state index < -0.39 is 0 Å². The van der Waals surface area contributed by atoms with Gasteiger partial charge in [-0.05, 0) is 45.8 Å². The van der Waals surface area contributed by atoms with Gasteiger partial charge in [0.2, 0.25) is 0 Å². The number of carbonyl (C=O) groups is 1. The van der Waals surface area contributed by atoms with Gasteiger partial charge in [-0.15, -0.1) is 0 Å². The summed E-state index contributed by atoms with van der Waals surface area (Å²) in [4.78, 5) is 15.9. The van der Waals surface area contributed by atoms with Crippen LogP contribution in [0.15, 0.2) is 76.6 Å². The maximum absolute atomic E-state index is 12.0. The highest BCUT2D eigenvalue weighted by Gasteiger charge is 2.10. The van der Waals surface area contributed by atoms with Gasteiger partial charge in [-0.25, -0.2) is 5.43 Å². The first-order chi connectivity index (χ1) is 13.7. The van der Waals surface area contributed by atoms with E-state index in [1.807, 2.05) is 36.4 Å². The van der Waals surface area contributed by atoms with Crippen molar-refractivity contribution in [1.29, 1.82) is 0 Å². The number of ether oxygens (including phenoxy) is 2. The lowest BCUT2D eigenvalue weighted by Crippen LogP contribution is -2.17. The molecule has 0 saturated heterocycles. The Hall–Kier alpha value is -3.19. The zero-order valence-corrected chi connectivity index (χ0v) is 16.7. The van der Waals surface area contributed by atoms with Crippen LogP contribution in [0, 0.1) is 0 Å². The Bertz CT molecular complexity index is 963. The SMILES string of the molecule is COc1cc(/C=N\NC(=O)c2ccncc2)c(Br)cc1OCc1ccccc1. The highest BCUT2D eigenvalue weighted by atomic mass is 79.9. The Balaban J connectivity index is 1.69. The average molecular weight is 440 g/mol. The second-order valence-electron chi connectivity index (χ2n) is 5.73. The van der Waals surface area contributed by atoms with Crippen molar-refractivity contribution in [3.05, 3.63) is 88.2 Å². The Kier molecular flexibility index (Phi) is 6.75. The third-order valence-corrected chi connectivity index (χ3v) is 4.52. The fourth-order valence-electron chi connectivity index (χ4n) is 2.39. The van der Waals surface area contributed by atoms with E-state index in [2.05, 4.69) is 31.4 Å². The molecule has 142 valence electrons. The minimum atomic E-state index is -0.315. The maximum atomic E-state index is 12.0. The maximum Gasteiger partial charge on any atom is 0.271 e. The largest absolute Gasteiger partial charge is 0.493 e. The monoisotopic (exact) mass is 439 g/mol. The number of nitrogens with zero attached hydrogens (tertiary/aromatic N) is 2. The van der Waals surface area contributed by atoms with Gasteiger partial charge in [0.05, 0.1) is 13.3 Å². The van der Waals surface area contributed by atoms with E-state index >= 15 is 0 Å². The molecular weight excluding hydrogens is 422 g/mol. The van der Waals surface area contributed by atoms with E-state index in [1.165, 1.54) is 6.21 Å². The van der Waals surface area contributed by atoms with Gasteiger partial charge in [0.1, 0.15) is 6.61 Å². The summed E-state index contributed by atoms with van der Waals surface area (Å²) in [5.74, 6) is 0.863. The van der Waals surface area contributed by atoms with Crippen molar-refractivity contribution in [2.75, 3.05) is 7.11 Å². The molecule has 0 aliphatic carbocycles. The normalized spacial score (nSPS) is 10.6. The van der Waals surface area contributed by atoms with Crippen molar-refractivity contribution in [2.24, 2.45) is 5.10 Å². The Morgan fingerprint density at radius 1 is 1.14 bits per heavy atom. The summed E-state index contributed by atoms with van der Waals surface area (Å²) in [5, 5.41) is 4.01. The number of hydrazone groups is 1. The van der Waals surface area contributed by atoms with Gasteiger partial charge in [0, 0.05) is 28.0 Å². The van der Waals surface area contributed by atoms with Crippen molar-refractivity contribution in [1.82, 2.24) is 10.4 Å². The summed E-state index contributed by atoms with van der Waals surface area (Å²) in [6.45, 7) is 0.430. The summed E-state index contributed by atoms with van der Waals surface area (Å²) in [6, 6.07) is 16.7. The van der Waals surface area contributed by atoms with Crippen molar-refractivity contribution < 1.29 is 14.3 Å². The molecule has 0 unspecified atom stereocenters. The zero-order chi connectivity index (χ0) is 19.8. The van der Waals surface area contributed by atoms with Crippen molar-refractivity contribution in [3.63, 3.8) is 0 Å². The number of nitrogens with one attached hydrogen (secondary N) is 1. The zero-order valence-electron chi connectivity index (χ0n) is 15.1. The summed E-state index contributed by atoms with van der Waals surface area (Å²) >= 11 is 3.50. The molecule has 28 heavy (non-hydrogen) atoms. The first-order valence-electron chi connectivity index (χ1n) is 8.45. The summed E-state index contributed by atoms with van der Waals surface area (Å²) in [5.41, 5.74) is 4.76. The van der Waals surface area contributed by atoms with Gasteiger partial charge in [-0.1, -0.05) is 30.3 Å². The fraction of sp³-hybridized carbons (Fsp3) is 0.0952. The molecular formula is C21H18BrN3O3. The lowest BCUT2D eigenvalue weighted by atomic mass is 10.2. The van der Waals surface area contributed by atoms with Crippen LogP contribution in [0.5, 0.6) is 11.5 Å². The van der Waals surface area contributed by atoms with Gasteiger partial charge < -0.3 is 9.47 Å². The highest BCUT2D eigenvalue weighted by Crippen LogP contribution is 2.33. The van der Waals surface area contributed by atoms with Gasteiger partial charge in [0.25, 0.3) is 5.91 Å². The predicted molar refractivity (Wildman–Crippen MR) is 111 cm³/mol. The minimum Gasteiger partial charge on any atom is -0.493 e. The Morgan fingerprint density at radius 3 is 2.61 bits per heavy atom. The number of carbonyl (C=O) groups excluding carboxylic acids is 1. The molecule has 6 nitrogen and oxygen atoms in total. The van der Waals surface area contributed by atoms with E-state index in [-0.39, 0.29) is 5.91 Å². The van der Waals surface area contributed by atoms with Crippen LogP contribution in [0.1, 0.15) is 21.5 Å². The van der Waals surface area contributed by atoms with Gasteiger partial charge >= 0.3 is 0 Å². The molecule has 0 bridgehead atoms. The molecule has 0 aliphatic rings. The number of hydrogen-bond acceptors (Lipinski definition) is 5. The highest BCUT2D eigenvalue weighted by molar-refractivity contribution is 9.10. The molecule has 0 spiro atoms. The summed E-state index contributed by atoms with van der Waals surface area (Å²) < 4.78 is 12.1. The number of halogens is 1. The minimum absolute atomic E-state index is 0.315. The van der Waals surface area contributed by atoms with Crippen LogP contribution in [0.2, 0.25) is 0 Å². The molecule has 0 fully saturated rings. The average Bonchev–Trinajstić information content (AvgIpc) is 2.74. The van der Waals surface area contributed by atoms with Gasteiger partial charge in [-0.3, -0.25) is 9.78 Å². The van der Waals surface area contributed by atoms with Gasteiger partial charge in [-0.2, -0.15) is 5.10 Å². The second-order valence-corrected chi connectivity index (χ2v) is 6.59. The molecule has 1 heterocycles. The lowest BCUT2D eigenvalue weighted by molar-refractivity contribution is 0.0955. The van der Waals surface area contributed by atoms with Gasteiger partial charge in [0.15, 0.2) is 11.5 Å². The molecule has 0 radical (unpaired) electrons. The van der Waals surface area contributed by atoms with Crippen LogP contribution in [0.3, 0.4) is 0 Å². The Labute approximate surface area is 171 Å². The first kappa shape index (κ1) is 19.6. The Morgan fingerprint density at radius 2 is 1.89 bits per heavy atom. The molecule has 0 atom stereocenters. The first-order valence-corrected chi connectivity index (χ1v) is 9.24. The van der Waals surface area contributed by atoms with Crippen LogP contribution in [0.4, 0.5) is 0 Å². The number of rotatable bonds is 7. The van der Waals surface area contributed by atoms with E-state index in [1.54, 1.807) is 37.7 Å². The van der Waals surface area contributed by atoms with Crippen LogP contribution in [-0.2, 0) is 6.61 Å². The molecule has 2 aromatic carbocycles. The summed E-state index contributed by atoms with van der Waals surface area (Å²) in [7, 11) is 1.57. The number of amides is 1. The molecule has 7 heteroatoms. The van der Waals surface area contributed by atoms with E-state index in [9.17, 15) is 4.79 Å². The number of aromatic nitrogens is 1. The third-order valence-electron chi connectivity index (χ3n) is 3.83. The lowest BCUT2D eigenvalue weighted by Gasteiger charge is -2.12. The van der Waals surface area contributed by atoms with Crippen LogP contribution >= 0.6 is 15.9 Å². The molecule has 0 saturated carbocycles. The van der Waals surface area contributed by atoms with E-state index in [4.69, 9.17) is 9.47 Å². The molecule has 1 aromatic heterocycles. The van der Waals surface area contributed by atoms with E-state index in [0.717, 1.165) is 15.6 Å². The van der Waals surface area contributed by atoms with E-state index in [0.29, 0.717) is 23.7 Å². The quantitative estimate of drug-likeness (QED) is 0.442. The summed E-state index contributed by atoms with van der Waals surface area (Å²) in [6.07, 6.45) is 4.63. The number of hydrogen-bond donors (Lipinski definition) is 1. The van der Waals surface area contributed by atoms with Crippen LogP contribution in [0.25, 0.3) is 0 Å². The fourth-order valence-corrected chi connectivity index (χ4v) is 2.81. The molecule has 1 amide bonds. The molecule has 3 aromatic rings. The van der Waals surface area contributed by atoms with Crippen molar-refractivity contribution in [3.8, 4) is 11.5 Å². The van der Waals surface area contributed by atoms with Crippen molar-refractivity contribution >= 4 is 28.1 Å². The molecule has 0 aliphatic heterocycles. The topological polar surface area (TPSA) is 72.8 Å². The second kappa shape index (κ2) is 9.66. The molecule has 1 N–H and O–H groups in total. The van der Waals surface area contributed by atoms with Crippen LogP contribution < -0.4 is 14.9 Å². The number of pyridine rings is 1. The predicted octanol–water partition coefficient (Wildman–Crippen LogP) is 4.20. The van der Waals surface area contributed by atoms with Crippen molar-refractivity contribution in [2.45, 2.75) is 6.61 Å².